The highest BCUT2D eigenvalue weighted by Crippen LogP contribution is 2.25. The van der Waals surface area contributed by atoms with Crippen molar-refractivity contribution in [3.05, 3.63) is 88.2 Å². The summed E-state index contributed by atoms with van der Waals surface area (Å²) in [7, 11) is 0. The van der Waals surface area contributed by atoms with Crippen LogP contribution in [-0.2, 0) is 11.3 Å². The van der Waals surface area contributed by atoms with Crippen molar-refractivity contribution in [3.8, 4) is 22.8 Å². The average molecular weight is 465 g/mol. The highest BCUT2D eigenvalue weighted by Gasteiger charge is 2.19. The molecule has 0 aliphatic heterocycles. The van der Waals surface area contributed by atoms with Gasteiger partial charge in [0.1, 0.15) is 12.4 Å². The molecular weight excluding hydrogens is 451 g/mol. The van der Waals surface area contributed by atoms with E-state index in [1.54, 1.807) is 42.5 Å². The molecule has 0 fully saturated rings. The Morgan fingerprint density at radius 3 is 2.79 bits per heavy atom. The molecule has 5 aromatic rings. The Labute approximate surface area is 190 Å². The van der Waals surface area contributed by atoms with E-state index in [0.29, 0.717) is 21.8 Å². The Hall–Kier alpha value is -4.31. The van der Waals surface area contributed by atoms with Crippen molar-refractivity contribution in [2.45, 2.75) is 6.54 Å². The first kappa shape index (κ1) is 20.6. The molecule has 33 heavy (non-hydrogen) atoms. The number of nitrogens with one attached hydrogen (secondary N) is 1. The number of para-hydroxylation sites is 1. The predicted molar refractivity (Wildman–Crippen MR) is 118 cm³/mol. The van der Waals surface area contributed by atoms with Gasteiger partial charge in [-0.1, -0.05) is 41.0 Å². The minimum absolute atomic E-state index is 0.0949. The quantitative estimate of drug-likeness (QED) is 0.425. The number of hydrogen-bond donors (Lipinski definition) is 1. The minimum atomic E-state index is -0.522. The molecule has 3 heterocycles. The van der Waals surface area contributed by atoms with Crippen molar-refractivity contribution < 1.29 is 13.7 Å². The van der Waals surface area contributed by atoms with Crippen LogP contribution in [0.5, 0.6) is 0 Å². The monoisotopic (exact) mass is 464 g/mol. The van der Waals surface area contributed by atoms with Crippen LogP contribution < -0.4 is 11.0 Å². The fourth-order valence-corrected chi connectivity index (χ4v) is 3.46. The van der Waals surface area contributed by atoms with Crippen LogP contribution >= 0.6 is 11.6 Å². The number of nitrogens with zero attached hydrogens (tertiary/aromatic N) is 5. The van der Waals surface area contributed by atoms with E-state index in [1.165, 1.54) is 28.8 Å². The van der Waals surface area contributed by atoms with Crippen molar-refractivity contribution in [3.63, 3.8) is 0 Å². The predicted octanol–water partition coefficient (Wildman–Crippen LogP) is 3.64. The smallest absolute Gasteiger partial charge is 0.333 e. The van der Waals surface area contributed by atoms with E-state index in [9.17, 15) is 14.0 Å². The van der Waals surface area contributed by atoms with Crippen molar-refractivity contribution in [2.24, 2.45) is 0 Å². The molecule has 5 rings (SSSR count). The fraction of sp³-hybridized carbons (Fsp3) is 0.0455. The number of aromatic nitrogens is 5. The van der Waals surface area contributed by atoms with Gasteiger partial charge in [0.05, 0.1) is 16.3 Å². The largest absolute Gasteiger partial charge is 0.350 e. The van der Waals surface area contributed by atoms with Gasteiger partial charge in [-0.25, -0.2) is 18.3 Å². The molecule has 0 aliphatic carbocycles. The summed E-state index contributed by atoms with van der Waals surface area (Å²) in [5, 5.41) is 11.2. The van der Waals surface area contributed by atoms with Gasteiger partial charge in [-0.2, -0.15) is 4.98 Å². The lowest BCUT2D eigenvalue weighted by molar-refractivity contribution is -0.117. The number of pyridine rings is 1. The number of halogens is 2. The summed E-state index contributed by atoms with van der Waals surface area (Å²) >= 11 is 6.06. The zero-order chi connectivity index (χ0) is 22.9. The molecule has 2 aromatic carbocycles. The second-order valence-electron chi connectivity index (χ2n) is 7.02. The highest BCUT2D eigenvalue weighted by atomic mass is 35.5. The average Bonchev–Trinajstić information content (AvgIpc) is 3.41. The fourth-order valence-electron chi connectivity index (χ4n) is 3.27. The van der Waals surface area contributed by atoms with Gasteiger partial charge in [0, 0.05) is 11.8 Å². The van der Waals surface area contributed by atoms with E-state index >= 15 is 0 Å². The van der Waals surface area contributed by atoms with Gasteiger partial charge in [0.15, 0.2) is 5.65 Å². The van der Waals surface area contributed by atoms with Crippen LogP contribution in [0.4, 0.5) is 10.1 Å². The molecule has 0 bridgehead atoms. The normalized spacial score (nSPS) is 11.1. The minimum Gasteiger partial charge on any atom is -0.333 e. The summed E-state index contributed by atoms with van der Waals surface area (Å²) in [4.78, 5) is 29.5. The third-order valence-electron chi connectivity index (χ3n) is 4.79. The first-order valence-electron chi connectivity index (χ1n) is 9.72. The molecule has 164 valence electrons. The van der Waals surface area contributed by atoms with E-state index < -0.39 is 17.4 Å². The standard InChI is InChI=1S/C22H14ClFN6O3/c23-16-8-1-2-9-17(16)25-18(31)12-30-22(32)29-10-4-7-15(20(29)27-30)21-26-19(28-33-21)13-5-3-6-14(24)11-13/h1-11H,12H2,(H,25,31). The molecule has 1 N–H and O–H groups in total. The lowest BCUT2D eigenvalue weighted by Gasteiger charge is -2.06. The van der Waals surface area contributed by atoms with Gasteiger partial charge in [0.2, 0.25) is 11.7 Å². The summed E-state index contributed by atoms with van der Waals surface area (Å²) < 4.78 is 21.1. The van der Waals surface area contributed by atoms with E-state index in [1.807, 2.05) is 0 Å². The van der Waals surface area contributed by atoms with Gasteiger partial charge in [-0.05, 0) is 36.4 Å². The molecule has 9 nitrogen and oxygen atoms in total. The number of fused-ring (bicyclic) bond motifs is 1. The Kier molecular flexibility index (Phi) is 5.19. The van der Waals surface area contributed by atoms with Crippen molar-refractivity contribution >= 4 is 28.8 Å². The molecule has 0 spiro atoms. The van der Waals surface area contributed by atoms with Crippen LogP contribution in [-0.4, -0.2) is 30.2 Å². The Balaban J connectivity index is 1.46. The van der Waals surface area contributed by atoms with E-state index in [-0.39, 0.29) is 23.9 Å². The van der Waals surface area contributed by atoms with Crippen LogP contribution in [0.3, 0.4) is 0 Å². The maximum absolute atomic E-state index is 13.5. The maximum Gasteiger partial charge on any atom is 0.350 e. The molecule has 0 saturated carbocycles. The molecular formula is C22H14ClFN6O3. The Bertz CT molecular complexity index is 1560. The zero-order valence-electron chi connectivity index (χ0n) is 16.8. The van der Waals surface area contributed by atoms with Gasteiger partial charge in [-0.3, -0.25) is 4.79 Å². The van der Waals surface area contributed by atoms with Crippen LogP contribution in [0.1, 0.15) is 0 Å². The lowest BCUT2D eigenvalue weighted by Crippen LogP contribution is -2.28. The number of anilines is 1. The molecule has 1 amide bonds. The summed E-state index contributed by atoms with van der Waals surface area (Å²) in [6.45, 7) is -0.330. The zero-order valence-corrected chi connectivity index (χ0v) is 17.5. The first-order valence-corrected chi connectivity index (χ1v) is 10.1. The Morgan fingerprint density at radius 2 is 1.97 bits per heavy atom. The number of benzene rings is 2. The van der Waals surface area contributed by atoms with Crippen LogP contribution in [0.15, 0.2) is 76.2 Å². The number of carbonyl (C=O) groups excluding carboxylic acids is 1. The molecule has 0 radical (unpaired) electrons. The molecule has 0 atom stereocenters. The molecule has 11 heteroatoms. The highest BCUT2D eigenvalue weighted by molar-refractivity contribution is 6.33. The topological polar surface area (TPSA) is 107 Å². The van der Waals surface area contributed by atoms with Crippen LogP contribution in [0.25, 0.3) is 28.5 Å². The lowest BCUT2D eigenvalue weighted by atomic mass is 10.2. The number of amides is 1. The second kappa shape index (κ2) is 8.32. The van der Waals surface area contributed by atoms with Crippen molar-refractivity contribution in [1.82, 2.24) is 24.3 Å². The third kappa shape index (κ3) is 3.99. The van der Waals surface area contributed by atoms with E-state index in [4.69, 9.17) is 16.1 Å². The van der Waals surface area contributed by atoms with Crippen LogP contribution in [0, 0.1) is 5.82 Å². The molecule has 0 aliphatic rings. The van der Waals surface area contributed by atoms with Gasteiger partial charge in [-0.15, -0.1) is 5.10 Å². The number of carbonyl (C=O) groups is 1. The van der Waals surface area contributed by atoms with E-state index in [0.717, 1.165) is 4.68 Å². The van der Waals surface area contributed by atoms with Gasteiger partial charge >= 0.3 is 5.69 Å². The van der Waals surface area contributed by atoms with Crippen molar-refractivity contribution in [1.29, 1.82) is 0 Å². The van der Waals surface area contributed by atoms with Gasteiger partial charge < -0.3 is 9.84 Å². The van der Waals surface area contributed by atoms with Gasteiger partial charge in [0.25, 0.3) is 5.89 Å². The number of hydrogen-bond acceptors (Lipinski definition) is 6. The second-order valence-corrected chi connectivity index (χ2v) is 7.42. The van der Waals surface area contributed by atoms with E-state index in [2.05, 4.69) is 20.6 Å². The van der Waals surface area contributed by atoms with Crippen molar-refractivity contribution in [2.75, 3.05) is 5.32 Å². The SMILES string of the molecule is O=C(Cn1nc2c(-c3nc(-c4cccc(F)c4)no3)cccn2c1=O)Nc1ccccc1Cl. The Morgan fingerprint density at radius 1 is 1.12 bits per heavy atom. The van der Waals surface area contributed by atoms with Crippen LogP contribution in [0.2, 0.25) is 5.02 Å². The summed E-state index contributed by atoms with van der Waals surface area (Å²) in [6.07, 6.45) is 1.51. The third-order valence-corrected chi connectivity index (χ3v) is 5.12. The number of rotatable bonds is 5. The summed E-state index contributed by atoms with van der Waals surface area (Å²) in [6, 6.07) is 15.8. The first-order chi connectivity index (χ1) is 16.0. The maximum atomic E-state index is 13.5. The molecule has 0 unspecified atom stereocenters. The molecule has 0 saturated heterocycles. The summed E-state index contributed by atoms with van der Waals surface area (Å²) in [5.74, 6) is -0.618. The summed E-state index contributed by atoms with van der Waals surface area (Å²) in [5.41, 5.74) is 0.956. The molecule has 3 aromatic heterocycles.